The largest absolute Gasteiger partial charge is 0.493 e. The standard InChI is InChI=1S/C22H27NO7/c1-13(2)12-30-17-8-7-14(9-18(17)26-3)21(24)23-16-11-20(28-5)19(27-4)10-15(16)22(25)29-6/h7-11,13H,12H2,1-6H3,(H,23,24). The minimum Gasteiger partial charge on any atom is -0.493 e. The highest BCUT2D eigenvalue weighted by Crippen LogP contribution is 2.34. The second-order valence-corrected chi connectivity index (χ2v) is 6.77. The van der Waals surface area contributed by atoms with Crippen LogP contribution < -0.4 is 24.3 Å². The molecule has 0 fully saturated rings. The quantitative estimate of drug-likeness (QED) is 0.621. The van der Waals surface area contributed by atoms with Gasteiger partial charge in [-0.3, -0.25) is 4.79 Å². The van der Waals surface area contributed by atoms with E-state index >= 15 is 0 Å². The smallest absolute Gasteiger partial charge is 0.340 e. The van der Waals surface area contributed by atoms with Gasteiger partial charge in [0.25, 0.3) is 5.91 Å². The van der Waals surface area contributed by atoms with Gasteiger partial charge < -0.3 is 29.0 Å². The van der Waals surface area contributed by atoms with Crippen LogP contribution in [0, 0.1) is 5.92 Å². The second-order valence-electron chi connectivity index (χ2n) is 6.77. The Morgan fingerprint density at radius 3 is 2.03 bits per heavy atom. The molecule has 0 bridgehead atoms. The zero-order valence-electron chi connectivity index (χ0n) is 18.0. The van der Waals surface area contributed by atoms with Gasteiger partial charge in [0.2, 0.25) is 0 Å². The number of ether oxygens (including phenoxy) is 5. The topological polar surface area (TPSA) is 92.3 Å². The molecule has 0 unspecified atom stereocenters. The highest BCUT2D eigenvalue weighted by atomic mass is 16.5. The van der Waals surface area contributed by atoms with Crippen LogP contribution in [0.3, 0.4) is 0 Å². The van der Waals surface area contributed by atoms with E-state index in [1.165, 1.54) is 40.6 Å². The van der Waals surface area contributed by atoms with Crippen LogP contribution in [0.25, 0.3) is 0 Å². The van der Waals surface area contributed by atoms with Crippen LogP contribution >= 0.6 is 0 Å². The van der Waals surface area contributed by atoms with E-state index in [9.17, 15) is 9.59 Å². The molecular weight excluding hydrogens is 390 g/mol. The summed E-state index contributed by atoms with van der Waals surface area (Å²) in [5.74, 6) is 0.953. The molecule has 2 aromatic carbocycles. The summed E-state index contributed by atoms with van der Waals surface area (Å²) >= 11 is 0. The molecule has 0 spiro atoms. The maximum atomic E-state index is 12.8. The van der Waals surface area contributed by atoms with Gasteiger partial charge in [-0.2, -0.15) is 0 Å². The van der Waals surface area contributed by atoms with Gasteiger partial charge in [-0.15, -0.1) is 0 Å². The van der Waals surface area contributed by atoms with Gasteiger partial charge in [-0.25, -0.2) is 4.79 Å². The minimum absolute atomic E-state index is 0.132. The van der Waals surface area contributed by atoms with Gasteiger partial charge in [0, 0.05) is 17.7 Å². The van der Waals surface area contributed by atoms with Crippen molar-refractivity contribution >= 4 is 17.6 Å². The first-order chi connectivity index (χ1) is 14.3. The van der Waals surface area contributed by atoms with E-state index in [0.717, 1.165) is 0 Å². The summed E-state index contributed by atoms with van der Waals surface area (Å²) in [5, 5.41) is 2.72. The number of methoxy groups -OCH3 is 4. The number of carbonyl (C=O) groups is 2. The summed E-state index contributed by atoms with van der Waals surface area (Å²) in [6.07, 6.45) is 0. The third kappa shape index (κ3) is 5.34. The fraction of sp³-hybridized carbons (Fsp3) is 0.364. The summed E-state index contributed by atoms with van der Waals surface area (Å²) in [5.41, 5.74) is 0.685. The van der Waals surface area contributed by atoms with E-state index in [1.54, 1.807) is 18.2 Å². The zero-order valence-corrected chi connectivity index (χ0v) is 18.0. The molecular formula is C22H27NO7. The van der Waals surface area contributed by atoms with Crippen molar-refractivity contribution in [3.8, 4) is 23.0 Å². The Balaban J connectivity index is 2.35. The normalized spacial score (nSPS) is 10.4. The molecule has 0 aliphatic carbocycles. The highest BCUT2D eigenvalue weighted by Gasteiger charge is 2.20. The zero-order chi connectivity index (χ0) is 22.3. The summed E-state index contributed by atoms with van der Waals surface area (Å²) in [6.45, 7) is 4.60. The van der Waals surface area contributed by atoms with Crippen LogP contribution in [-0.2, 0) is 4.74 Å². The lowest BCUT2D eigenvalue weighted by molar-refractivity contribution is 0.0601. The van der Waals surface area contributed by atoms with Crippen molar-refractivity contribution in [1.82, 2.24) is 0 Å². The first-order valence-electron chi connectivity index (χ1n) is 9.31. The molecule has 1 N–H and O–H groups in total. The van der Waals surface area contributed by atoms with Gasteiger partial charge in [-0.05, 0) is 24.1 Å². The van der Waals surface area contributed by atoms with E-state index in [1.807, 2.05) is 13.8 Å². The molecule has 0 atom stereocenters. The molecule has 0 aliphatic heterocycles. The van der Waals surface area contributed by atoms with Crippen molar-refractivity contribution in [2.75, 3.05) is 40.4 Å². The van der Waals surface area contributed by atoms with Crippen molar-refractivity contribution in [3.63, 3.8) is 0 Å². The highest BCUT2D eigenvalue weighted by molar-refractivity contribution is 6.08. The van der Waals surface area contributed by atoms with Crippen molar-refractivity contribution < 1.29 is 33.3 Å². The lowest BCUT2D eigenvalue weighted by Gasteiger charge is -2.16. The molecule has 0 aromatic heterocycles. The lowest BCUT2D eigenvalue weighted by Crippen LogP contribution is -2.16. The van der Waals surface area contributed by atoms with Gasteiger partial charge in [0.05, 0.1) is 46.3 Å². The van der Waals surface area contributed by atoms with Crippen molar-refractivity contribution in [1.29, 1.82) is 0 Å². The number of hydrogen-bond acceptors (Lipinski definition) is 7. The van der Waals surface area contributed by atoms with Crippen molar-refractivity contribution in [3.05, 3.63) is 41.5 Å². The molecule has 1 amide bonds. The van der Waals surface area contributed by atoms with Gasteiger partial charge >= 0.3 is 5.97 Å². The van der Waals surface area contributed by atoms with Crippen LogP contribution in [0.15, 0.2) is 30.3 Å². The number of amides is 1. The second kappa shape index (κ2) is 10.4. The Labute approximate surface area is 176 Å². The summed E-state index contributed by atoms with van der Waals surface area (Å²) in [6, 6.07) is 7.81. The molecule has 0 aliphatic rings. The minimum atomic E-state index is -0.624. The van der Waals surface area contributed by atoms with Crippen molar-refractivity contribution in [2.45, 2.75) is 13.8 Å². The first-order valence-corrected chi connectivity index (χ1v) is 9.31. The Morgan fingerprint density at radius 2 is 1.47 bits per heavy atom. The number of benzene rings is 2. The van der Waals surface area contributed by atoms with Gasteiger partial charge in [-0.1, -0.05) is 13.8 Å². The molecule has 0 radical (unpaired) electrons. The predicted molar refractivity (Wildman–Crippen MR) is 112 cm³/mol. The molecule has 8 nitrogen and oxygen atoms in total. The molecule has 2 aromatic rings. The van der Waals surface area contributed by atoms with Crippen LogP contribution in [0.1, 0.15) is 34.6 Å². The fourth-order valence-electron chi connectivity index (χ4n) is 2.64. The maximum absolute atomic E-state index is 12.8. The lowest BCUT2D eigenvalue weighted by atomic mass is 10.1. The number of hydrogen-bond donors (Lipinski definition) is 1. The first kappa shape index (κ1) is 22.9. The Bertz CT molecular complexity index is 909. The van der Waals surface area contributed by atoms with Crippen LogP contribution in [-0.4, -0.2) is 46.9 Å². The summed E-state index contributed by atoms with van der Waals surface area (Å²) in [7, 11) is 5.67. The number of esters is 1. The van der Waals surface area contributed by atoms with Crippen LogP contribution in [0.2, 0.25) is 0 Å². The average Bonchev–Trinajstić information content (AvgIpc) is 2.76. The fourth-order valence-corrected chi connectivity index (χ4v) is 2.64. The molecule has 8 heteroatoms. The summed E-state index contributed by atoms with van der Waals surface area (Å²) in [4.78, 5) is 25.0. The Morgan fingerprint density at radius 1 is 0.867 bits per heavy atom. The third-order valence-corrected chi connectivity index (χ3v) is 4.18. The molecule has 0 heterocycles. The molecule has 0 saturated carbocycles. The predicted octanol–water partition coefficient (Wildman–Crippen LogP) is 3.79. The van der Waals surface area contributed by atoms with E-state index in [4.69, 9.17) is 23.7 Å². The molecule has 0 saturated heterocycles. The molecule has 30 heavy (non-hydrogen) atoms. The Hall–Kier alpha value is -3.42. The monoisotopic (exact) mass is 417 g/mol. The third-order valence-electron chi connectivity index (χ3n) is 4.18. The SMILES string of the molecule is COC(=O)c1cc(OC)c(OC)cc1NC(=O)c1ccc(OCC(C)C)c(OC)c1. The number of rotatable bonds is 9. The summed E-state index contributed by atoms with van der Waals surface area (Å²) < 4.78 is 26.4. The van der Waals surface area contributed by atoms with Crippen LogP contribution in [0.4, 0.5) is 5.69 Å². The van der Waals surface area contributed by atoms with E-state index in [-0.39, 0.29) is 11.3 Å². The molecule has 2 rings (SSSR count). The van der Waals surface area contributed by atoms with Crippen LogP contribution in [0.5, 0.6) is 23.0 Å². The van der Waals surface area contributed by atoms with E-state index in [2.05, 4.69) is 5.32 Å². The van der Waals surface area contributed by atoms with Gasteiger partial charge in [0.15, 0.2) is 23.0 Å². The molecule has 162 valence electrons. The van der Waals surface area contributed by atoms with E-state index < -0.39 is 11.9 Å². The Kier molecular flexibility index (Phi) is 7.91. The van der Waals surface area contributed by atoms with Gasteiger partial charge in [0.1, 0.15) is 0 Å². The maximum Gasteiger partial charge on any atom is 0.340 e. The van der Waals surface area contributed by atoms with E-state index in [0.29, 0.717) is 41.1 Å². The average molecular weight is 417 g/mol. The number of anilines is 1. The number of carbonyl (C=O) groups excluding carboxylic acids is 2. The number of nitrogens with one attached hydrogen (secondary N) is 1. The van der Waals surface area contributed by atoms with Crippen molar-refractivity contribution in [2.24, 2.45) is 5.92 Å².